The Labute approximate surface area is 120 Å². The summed E-state index contributed by atoms with van der Waals surface area (Å²) >= 11 is 8.86. The first-order chi connectivity index (χ1) is 8.99. The summed E-state index contributed by atoms with van der Waals surface area (Å²) in [5, 5.41) is 10.8. The zero-order chi connectivity index (χ0) is 14.0. The number of benzene rings is 1. The molecule has 2 rings (SSSR count). The van der Waals surface area contributed by atoms with Crippen molar-refractivity contribution in [3.8, 4) is 11.6 Å². The quantitative estimate of drug-likeness (QED) is 0.612. The van der Waals surface area contributed by atoms with E-state index in [9.17, 15) is 14.5 Å². The monoisotopic (exact) mass is 346 g/mol. The maximum absolute atomic E-state index is 13.6. The van der Waals surface area contributed by atoms with E-state index in [1.165, 1.54) is 24.4 Å². The number of nitro benzene ring substituents is 1. The molecule has 1 aromatic heterocycles. The fourth-order valence-corrected chi connectivity index (χ4v) is 1.83. The lowest BCUT2D eigenvalue weighted by Gasteiger charge is -2.07. The van der Waals surface area contributed by atoms with Crippen LogP contribution in [0.15, 0.2) is 34.9 Å². The van der Waals surface area contributed by atoms with Crippen molar-refractivity contribution in [2.75, 3.05) is 0 Å². The minimum absolute atomic E-state index is 0.00156. The first kappa shape index (κ1) is 13.7. The smallest absolute Gasteiger partial charge is 0.313 e. The second-order valence-corrected chi connectivity index (χ2v) is 4.71. The number of pyridine rings is 1. The number of hydrogen-bond acceptors (Lipinski definition) is 4. The topological polar surface area (TPSA) is 65.3 Å². The molecule has 0 aliphatic carbocycles. The van der Waals surface area contributed by atoms with Crippen molar-refractivity contribution in [1.29, 1.82) is 0 Å². The molecule has 0 unspecified atom stereocenters. The van der Waals surface area contributed by atoms with Crippen LogP contribution >= 0.6 is 27.5 Å². The van der Waals surface area contributed by atoms with Gasteiger partial charge in [-0.15, -0.1) is 0 Å². The SMILES string of the molecule is O=[N+]([O-])c1cccc(Cl)c1Oc1ncc(Br)cc1F. The van der Waals surface area contributed by atoms with Crippen LogP contribution in [-0.2, 0) is 0 Å². The van der Waals surface area contributed by atoms with Gasteiger partial charge < -0.3 is 4.74 Å². The third kappa shape index (κ3) is 2.99. The van der Waals surface area contributed by atoms with Crippen LogP contribution in [0.3, 0.4) is 0 Å². The molecule has 0 spiro atoms. The summed E-state index contributed by atoms with van der Waals surface area (Å²) in [7, 11) is 0. The summed E-state index contributed by atoms with van der Waals surface area (Å²) in [6, 6.07) is 5.14. The Morgan fingerprint density at radius 1 is 1.47 bits per heavy atom. The molecule has 98 valence electrons. The van der Waals surface area contributed by atoms with Crippen LogP contribution in [0.2, 0.25) is 5.02 Å². The molecule has 0 N–H and O–H groups in total. The molecule has 0 bridgehead atoms. The number of ether oxygens (including phenoxy) is 1. The second-order valence-electron chi connectivity index (χ2n) is 3.39. The molecular formula is C11H5BrClFN2O3. The van der Waals surface area contributed by atoms with E-state index in [-0.39, 0.29) is 22.3 Å². The van der Waals surface area contributed by atoms with Crippen LogP contribution < -0.4 is 4.74 Å². The standard InChI is InChI=1S/C11H5BrClFN2O3/c12-6-4-8(14)11(15-5-6)19-10-7(13)2-1-3-9(10)16(17)18/h1-5H. The summed E-state index contributed by atoms with van der Waals surface area (Å²) in [6.45, 7) is 0. The molecule has 0 amide bonds. The number of rotatable bonds is 3. The van der Waals surface area contributed by atoms with E-state index in [2.05, 4.69) is 20.9 Å². The molecule has 0 aliphatic heterocycles. The van der Waals surface area contributed by atoms with Crippen LogP contribution in [-0.4, -0.2) is 9.91 Å². The van der Waals surface area contributed by atoms with Gasteiger partial charge >= 0.3 is 5.69 Å². The van der Waals surface area contributed by atoms with Gasteiger partial charge in [0.15, 0.2) is 5.82 Å². The summed E-state index contributed by atoms with van der Waals surface area (Å²) in [6.07, 6.45) is 1.31. The molecule has 8 heteroatoms. The van der Waals surface area contributed by atoms with Gasteiger partial charge in [0.05, 0.1) is 9.95 Å². The lowest BCUT2D eigenvalue weighted by molar-refractivity contribution is -0.385. The normalized spacial score (nSPS) is 10.3. The van der Waals surface area contributed by atoms with E-state index < -0.39 is 10.7 Å². The Hall–Kier alpha value is -1.73. The first-order valence-electron chi connectivity index (χ1n) is 4.91. The maximum atomic E-state index is 13.6. The average molecular weight is 348 g/mol. The van der Waals surface area contributed by atoms with Gasteiger partial charge in [0, 0.05) is 16.7 Å². The summed E-state index contributed by atoms with van der Waals surface area (Å²) in [5.41, 5.74) is -0.364. The zero-order valence-electron chi connectivity index (χ0n) is 9.14. The molecular weight excluding hydrogens is 342 g/mol. The highest BCUT2D eigenvalue weighted by molar-refractivity contribution is 9.10. The molecule has 0 radical (unpaired) electrons. The van der Waals surface area contributed by atoms with Gasteiger partial charge in [0.25, 0.3) is 5.88 Å². The highest BCUT2D eigenvalue weighted by atomic mass is 79.9. The van der Waals surface area contributed by atoms with Crippen molar-refractivity contribution in [2.45, 2.75) is 0 Å². The van der Waals surface area contributed by atoms with E-state index in [1.54, 1.807) is 0 Å². The van der Waals surface area contributed by atoms with Crippen LogP contribution in [0.5, 0.6) is 11.6 Å². The lowest BCUT2D eigenvalue weighted by atomic mass is 10.3. The van der Waals surface area contributed by atoms with E-state index in [4.69, 9.17) is 16.3 Å². The van der Waals surface area contributed by atoms with Crippen molar-refractivity contribution in [3.63, 3.8) is 0 Å². The van der Waals surface area contributed by atoms with Crippen molar-refractivity contribution in [1.82, 2.24) is 4.98 Å². The molecule has 0 fully saturated rings. The zero-order valence-corrected chi connectivity index (χ0v) is 11.5. The summed E-state index contributed by atoms with van der Waals surface area (Å²) in [4.78, 5) is 13.9. The summed E-state index contributed by atoms with van der Waals surface area (Å²) in [5.74, 6) is -1.40. The molecule has 1 aromatic carbocycles. The Balaban J connectivity index is 2.46. The van der Waals surface area contributed by atoms with Gasteiger partial charge in [-0.1, -0.05) is 17.7 Å². The highest BCUT2D eigenvalue weighted by Crippen LogP contribution is 2.37. The van der Waals surface area contributed by atoms with Crippen LogP contribution in [0.4, 0.5) is 10.1 Å². The van der Waals surface area contributed by atoms with Crippen LogP contribution in [0.25, 0.3) is 0 Å². The molecule has 0 aliphatic rings. The fourth-order valence-electron chi connectivity index (χ4n) is 1.32. The van der Waals surface area contributed by atoms with Crippen molar-refractivity contribution >= 4 is 33.2 Å². The van der Waals surface area contributed by atoms with Crippen molar-refractivity contribution < 1.29 is 14.1 Å². The van der Waals surface area contributed by atoms with Gasteiger partial charge in [-0.3, -0.25) is 10.1 Å². The molecule has 2 aromatic rings. The maximum Gasteiger partial charge on any atom is 0.313 e. The van der Waals surface area contributed by atoms with Crippen molar-refractivity contribution in [3.05, 3.63) is 55.9 Å². The number of hydrogen-bond donors (Lipinski definition) is 0. The van der Waals surface area contributed by atoms with Gasteiger partial charge in [-0.2, -0.15) is 0 Å². The van der Waals surface area contributed by atoms with Gasteiger partial charge in [0.2, 0.25) is 5.75 Å². The largest absolute Gasteiger partial charge is 0.427 e. The molecule has 1 heterocycles. The van der Waals surface area contributed by atoms with Gasteiger partial charge in [-0.05, 0) is 28.1 Å². The van der Waals surface area contributed by atoms with E-state index >= 15 is 0 Å². The van der Waals surface area contributed by atoms with E-state index in [0.717, 1.165) is 6.07 Å². The Kier molecular flexibility index (Phi) is 3.96. The second kappa shape index (κ2) is 5.50. The van der Waals surface area contributed by atoms with Crippen molar-refractivity contribution in [2.24, 2.45) is 0 Å². The Morgan fingerprint density at radius 3 is 2.84 bits per heavy atom. The minimum Gasteiger partial charge on any atom is -0.427 e. The van der Waals surface area contributed by atoms with E-state index in [1.807, 2.05) is 0 Å². The number of halogens is 3. The predicted octanol–water partition coefficient (Wildman–Crippen LogP) is 4.34. The molecule has 19 heavy (non-hydrogen) atoms. The minimum atomic E-state index is -0.761. The molecule has 0 atom stereocenters. The Bertz CT molecular complexity index is 654. The fraction of sp³-hybridized carbons (Fsp3) is 0. The van der Waals surface area contributed by atoms with Gasteiger partial charge in [-0.25, -0.2) is 9.37 Å². The third-order valence-electron chi connectivity index (χ3n) is 2.12. The lowest BCUT2D eigenvalue weighted by Crippen LogP contribution is -1.97. The number of nitrogens with zero attached hydrogens (tertiary/aromatic N) is 2. The average Bonchev–Trinajstić information content (AvgIpc) is 2.34. The predicted molar refractivity (Wildman–Crippen MR) is 70.1 cm³/mol. The van der Waals surface area contributed by atoms with E-state index in [0.29, 0.717) is 4.47 Å². The number of aromatic nitrogens is 1. The van der Waals surface area contributed by atoms with Gasteiger partial charge in [0.1, 0.15) is 0 Å². The van der Waals surface area contributed by atoms with Crippen LogP contribution in [0.1, 0.15) is 0 Å². The third-order valence-corrected chi connectivity index (χ3v) is 2.85. The molecule has 0 saturated carbocycles. The first-order valence-corrected chi connectivity index (χ1v) is 6.08. The van der Waals surface area contributed by atoms with Crippen LogP contribution in [0, 0.1) is 15.9 Å². The number of para-hydroxylation sites is 1. The Morgan fingerprint density at radius 2 is 2.21 bits per heavy atom. The highest BCUT2D eigenvalue weighted by Gasteiger charge is 2.20. The summed E-state index contributed by atoms with van der Waals surface area (Å²) < 4.78 is 19.1. The molecule has 0 saturated heterocycles. The molecule has 5 nitrogen and oxygen atoms in total. The number of nitro groups is 1.